The molecule has 0 aliphatic heterocycles. The number of nitrogens with zero attached hydrogens (tertiary/aromatic N) is 1. The van der Waals surface area contributed by atoms with Gasteiger partial charge in [-0.25, -0.2) is 0 Å². The van der Waals surface area contributed by atoms with E-state index in [1.165, 1.54) is 0 Å². The highest BCUT2D eigenvalue weighted by atomic mass is 35.5. The van der Waals surface area contributed by atoms with Gasteiger partial charge in [0.1, 0.15) is 0 Å². The van der Waals surface area contributed by atoms with Crippen LogP contribution < -0.4 is 11.1 Å². The van der Waals surface area contributed by atoms with E-state index >= 15 is 0 Å². The molecule has 0 amide bonds. The number of rotatable bonds is 1. The summed E-state index contributed by atoms with van der Waals surface area (Å²) < 4.78 is 0. The van der Waals surface area contributed by atoms with Crippen LogP contribution in [0.25, 0.3) is 10.9 Å². The van der Waals surface area contributed by atoms with Gasteiger partial charge in [-0.05, 0) is 6.07 Å². The minimum absolute atomic E-state index is 0.627. The molecule has 2 rings (SSSR count). The number of nitrogen functional groups attached to an aromatic ring is 1. The minimum atomic E-state index is 0.627. The van der Waals surface area contributed by atoms with Gasteiger partial charge in [-0.1, -0.05) is 23.7 Å². The van der Waals surface area contributed by atoms with Crippen LogP contribution in [0.4, 0.5) is 11.4 Å². The first kappa shape index (κ1) is 9.09. The topological polar surface area (TPSA) is 50.9 Å². The van der Waals surface area contributed by atoms with Crippen LogP contribution in [-0.2, 0) is 0 Å². The molecule has 3 N–H and O–H groups in total. The van der Waals surface area contributed by atoms with Crippen LogP contribution in [0.15, 0.2) is 24.4 Å². The van der Waals surface area contributed by atoms with E-state index in [1.54, 1.807) is 6.20 Å². The number of hydrogen-bond acceptors (Lipinski definition) is 3. The van der Waals surface area contributed by atoms with Crippen molar-refractivity contribution >= 4 is 33.9 Å². The summed E-state index contributed by atoms with van der Waals surface area (Å²) in [5, 5.41) is 4.62. The van der Waals surface area contributed by atoms with Gasteiger partial charge in [-0.15, -0.1) is 0 Å². The largest absolute Gasteiger partial charge is 0.396 e. The fourth-order valence-electron chi connectivity index (χ4n) is 1.48. The van der Waals surface area contributed by atoms with Crippen molar-refractivity contribution in [1.29, 1.82) is 0 Å². The SMILES string of the molecule is CNc1c(N)cnc2c(Cl)cccc12. The molecule has 3 nitrogen and oxygen atoms in total. The Hall–Kier alpha value is -1.48. The highest BCUT2D eigenvalue weighted by Gasteiger charge is 2.06. The predicted octanol–water partition coefficient (Wildman–Crippen LogP) is 2.51. The summed E-state index contributed by atoms with van der Waals surface area (Å²) in [5.74, 6) is 0. The lowest BCUT2D eigenvalue weighted by molar-refractivity contribution is 1.40. The second-order valence-corrected chi connectivity index (χ2v) is 3.38. The maximum Gasteiger partial charge on any atom is 0.0910 e. The molecule has 0 saturated heterocycles. The number of hydrogen-bond donors (Lipinski definition) is 2. The van der Waals surface area contributed by atoms with Crippen LogP contribution in [0.1, 0.15) is 0 Å². The van der Waals surface area contributed by atoms with Crippen LogP contribution in [0.3, 0.4) is 0 Å². The Balaban J connectivity index is 2.88. The summed E-state index contributed by atoms with van der Waals surface area (Å²) in [7, 11) is 1.83. The lowest BCUT2D eigenvalue weighted by atomic mass is 10.1. The molecule has 0 aliphatic rings. The first-order valence-corrected chi connectivity index (χ1v) is 4.62. The van der Waals surface area contributed by atoms with Crippen molar-refractivity contribution in [3.8, 4) is 0 Å². The summed E-state index contributed by atoms with van der Waals surface area (Å²) >= 11 is 6.01. The second-order valence-electron chi connectivity index (χ2n) is 2.97. The first-order valence-electron chi connectivity index (χ1n) is 4.24. The Morgan fingerprint density at radius 1 is 1.43 bits per heavy atom. The standard InChI is InChI=1S/C10H10ClN3/c1-13-10-6-3-2-4-7(11)9(6)14-5-8(10)12/h2-5H,12H2,1H3,(H,13,14). The van der Waals surface area contributed by atoms with Gasteiger partial charge >= 0.3 is 0 Å². The number of fused-ring (bicyclic) bond motifs is 1. The highest BCUT2D eigenvalue weighted by molar-refractivity contribution is 6.35. The van der Waals surface area contributed by atoms with Gasteiger partial charge in [0.05, 0.1) is 28.1 Å². The molecule has 2 aromatic rings. The van der Waals surface area contributed by atoms with Crippen molar-refractivity contribution < 1.29 is 0 Å². The Bertz CT molecular complexity index is 482. The van der Waals surface area contributed by atoms with Crippen molar-refractivity contribution in [3.63, 3.8) is 0 Å². The third kappa shape index (κ3) is 1.26. The lowest BCUT2D eigenvalue weighted by Gasteiger charge is -2.08. The zero-order valence-electron chi connectivity index (χ0n) is 7.71. The Morgan fingerprint density at radius 3 is 2.93 bits per heavy atom. The number of para-hydroxylation sites is 1. The smallest absolute Gasteiger partial charge is 0.0910 e. The summed E-state index contributed by atoms with van der Waals surface area (Å²) in [5.41, 5.74) is 8.05. The van der Waals surface area contributed by atoms with Gasteiger partial charge in [0.25, 0.3) is 0 Å². The van der Waals surface area contributed by atoms with E-state index in [4.69, 9.17) is 17.3 Å². The molecule has 1 aromatic carbocycles. The molecule has 1 heterocycles. The van der Waals surface area contributed by atoms with Crippen LogP contribution in [-0.4, -0.2) is 12.0 Å². The minimum Gasteiger partial charge on any atom is -0.396 e. The molecular weight excluding hydrogens is 198 g/mol. The Labute approximate surface area is 86.9 Å². The van der Waals surface area contributed by atoms with Crippen LogP contribution in [0.5, 0.6) is 0 Å². The Kier molecular flexibility index (Phi) is 2.17. The van der Waals surface area contributed by atoms with Crippen LogP contribution in [0, 0.1) is 0 Å². The molecule has 0 fully saturated rings. The molecule has 0 unspecified atom stereocenters. The number of benzene rings is 1. The zero-order valence-corrected chi connectivity index (χ0v) is 8.47. The van der Waals surface area contributed by atoms with E-state index in [-0.39, 0.29) is 0 Å². The van der Waals surface area contributed by atoms with E-state index in [0.717, 1.165) is 16.6 Å². The molecule has 0 aliphatic carbocycles. The van der Waals surface area contributed by atoms with E-state index in [9.17, 15) is 0 Å². The van der Waals surface area contributed by atoms with Crippen molar-refractivity contribution in [1.82, 2.24) is 4.98 Å². The molecule has 0 radical (unpaired) electrons. The summed E-state index contributed by atoms with van der Waals surface area (Å²) in [4.78, 5) is 4.19. The van der Waals surface area contributed by atoms with Crippen molar-refractivity contribution in [3.05, 3.63) is 29.4 Å². The van der Waals surface area contributed by atoms with Gasteiger partial charge in [0.2, 0.25) is 0 Å². The Morgan fingerprint density at radius 2 is 2.21 bits per heavy atom. The predicted molar refractivity (Wildman–Crippen MR) is 60.7 cm³/mol. The molecular formula is C10H10ClN3. The third-order valence-corrected chi connectivity index (χ3v) is 2.43. The van der Waals surface area contributed by atoms with Gasteiger partial charge in [-0.2, -0.15) is 0 Å². The molecule has 72 valence electrons. The molecule has 0 spiro atoms. The summed E-state index contributed by atoms with van der Waals surface area (Å²) in [6.45, 7) is 0. The number of nitrogens with two attached hydrogens (primary N) is 1. The highest BCUT2D eigenvalue weighted by Crippen LogP contribution is 2.30. The molecule has 0 bridgehead atoms. The molecule has 0 atom stereocenters. The molecule has 0 saturated carbocycles. The van der Waals surface area contributed by atoms with Crippen LogP contribution >= 0.6 is 11.6 Å². The number of aromatic nitrogens is 1. The van der Waals surface area contributed by atoms with E-state index in [0.29, 0.717) is 10.7 Å². The number of pyridine rings is 1. The monoisotopic (exact) mass is 207 g/mol. The quantitative estimate of drug-likeness (QED) is 0.756. The molecule has 4 heteroatoms. The van der Waals surface area contributed by atoms with Gasteiger partial charge in [0.15, 0.2) is 0 Å². The third-order valence-electron chi connectivity index (χ3n) is 2.13. The summed E-state index contributed by atoms with van der Waals surface area (Å²) in [6.07, 6.45) is 1.61. The normalized spacial score (nSPS) is 10.4. The lowest BCUT2D eigenvalue weighted by Crippen LogP contribution is -1.98. The average molecular weight is 208 g/mol. The van der Waals surface area contributed by atoms with Crippen molar-refractivity contribution in [2.24, 2.45) is 0 Å². The van der Waals surface area contributed by atoms with Gasteiger partial charge < -0.3 is 11.1 Å². The fraction of sp³-hybridized carbons (Fsp3) is 0.100. The van der Waals surface area contributed by atoms with Crippen molar-refractivity contribution in [2.45, 2.75) is 0 Å². The molecule has 14 heavy (non-hydrogen) atoms. The maximum atomic E-state index is 6.01. The van der Waals surface area contributed by atoms with Crippen LogP contribution in [0.2, 0.25) is 5.02 Å². The zero-order chi connectivity index (χ0) is 10.1. The molecule has 1 aromatic heterocycles. The number of nitrogens with one attached hydrogen (secondary N) is 1. The number of halogens is 1. The van der Waals surface area contributed by atoms with E-state index < -0.39 is 0 Å². The first-order chi connectivity index (χ1) is 6.74. The summed E-state index contributed by atoms with van der Waals surface area (Å²) in [6, 6.07) is 5.63. The van der Waals surface area contributed by atoms with Gasteiger partial charge in [0, 0.05) is 12.4 Å². The van der Waals surface area contributed by atoms with E-state index in [1.807, 2.05) is 25.2 Å². The maximum absolute atomic E-state index is 6.01. The van der Waals surface area contributed by atoms with Crippen molar-refractivity contribution in [2.75, 3.05) is 18.1 Å². The average Bonchev–Trinajstić information content (AvgIpc) is 2.18. The second kappa shape index (κ2) is 3.35. The van der Waals surface area contributed by atoms with E-state index in [2.05, 4.69) is 10.3 Å². The number of anilines is 2. The fourth-order valence-corrected chi connectivity index (χ4v) is 1.70. The van der Waals surface area contributed by atoms with Gasteiger partial charge in [-0.3, -0.25) is 4.98 Å².